The highest BCUT2D eigenvalue weighted by Crippen LogP contribution is 2.42. The fourth-order valence-corrected chi connectivity index (χ4v) is 2.45. The molecule has 0 radical (unpaired) electrons. The Morgan fingerprint density at radius 2 is 1.88 bits per heavy atom. The molecule has 0 aromatic heterocycles. The van der Waals surface area contributed by atoms with Gasteiger partial charge in [0.2, 0.25) is 0 Å². The first-order chi connectivity index (χ1) is 11.3. The lowest BCUT2D eigenvalue weighted by Gasteiger charge is -2.19. The predicted octanol–water partition coefficient (Wildman–Crippen LogP) is 1.52. The number of hydrogen-bond acceptors (Lipinski definition) is 8. The van der Waals surface area contributed by atoms with Crippen LogP contribution in [0.25, 0.3) is 0 Å². The maximum absolute atomic E-state index is 11.6. The van der Waals surface area contributed by atoms with Crippen molar-refractivity contribution < 1.29 is 37.6 Å². The van der Waals surface area contributed by atoms with Crippen molar-refractivity contribution in [2.75, 3.05) is 26.4 Å². The van der Waals surface area contributed by atoms with Crippen LogP contribution in [0.1, 0.15) is 46.0 Å². The van der Waals surface area contributed by atoms with E-state index >= 15 is 0 Å². The highest BCUT2D eigenvalue weighted by atomic mass is 31.2. The summed E-state index contributed by atoms with van der Waals surface area (Å²) in [7, 11) is -4.29. The van der Waals surface area contributed by atoms with Crippen molar-refractivity contribution in [3.05, 3.63) is 0 Å². The first-order valence-corrected chi connectivity index (χ1v) is 9.45. The third-order valence-electron chi connectivity index (χ3n) is 2.79. The van der Waals surface area contributed by atoms with E-state index < -0.39 is 32.5 Å². The normalized spacial score (nSPS) is 14.7. The number of ether oxygens (including phenoxy) is 2. The molecule has 24 heavy (non-hydrogen) atoms. The Morgan fingerprint density at radius 3 is 2.46 bits per heavy atom. The summed E-state index contributed by atoms with van der Waals surface area (Å²) in [6.45, 7) is 2.43. The summed E-state index contributed by atoms with van der Waals surface area (Å²) in [6.07, 6.45) is 3.05. The van der Waals surface area contributed by atoms with Crippen molar-refractivity contribution in [3.8, 4) is 0 Å². The van der Waals surface area contributed by atoms with Gasteiger partial charge in [-0.3, -0.25) is 18.6 Å². The SMILES string of the molecule is CCCCCCC(=O)OC[C@@H](COP(=O)(O)OCCN)OC(C)=O. The molecule has 0 rings (SSSR count). The Hall–Kier alpha value is -0.990. The van der Waals surface area contributed by atoms with Crippen LogP contribution < -0.4 is 5.73 Å². The molecule has 0 aliphatic carbocycles. The Labute approximate surface area is 142 Å². The first-order valence-electron chi connectivity index (χ1n) is 7.95. The molecule has 0 saturated carbocycles. The van der Waals surface area contributed by atoms with E-state index in [4.69, 9.17) is 19.7 Å². The molecule has 0 heterocycles. The highest BCUT2D eigenvalue weighted by molar-refractivity contribution is 7.47. The summed E-state index contributed by atoms with van der Waals surface area (Å²) in [5.74, 6) is -1.05. The van der Waals surface area contributed by atoms with E-state index in [0.717, 1.165) is 25.7 Å². The lowest BCUT2D eigenvalue weighted by molar-refractivity contribution is -0.159. The molecule has 0 saturated heterocycles. The third kappa shape index (κ3) is 13.4. The number of phosphoric ester groups is 1. The second-order valence-electron chi connectivity index (χ2n) is 5.11. The molecule has 0 amide bonds. The molecular formula is C14H28NO8P. The second-order valence-corrected chi connectivity index (χ2v) is 6.56. The molecular weight excluding hydrogens is 341 g/mol. The van der Waals surface area contributed by atoms with E-state index in [1.165, 1.54) is 6.92 Å². The standard InChI is InChI=1S/C14H28NO8P/c1-3-4-5-6-7-14(17)20-10-13(23-12(2)16)11-22-24(18,19)21-9-8-15/h13H,3-11,15H2,1-2H3,(H,18,19)/t13-/m0/s1. The van der Waals surface area contributed by atoms with Gasteiger partial charge >= 0.3 is 19.8 Å². The molecule has 9 nitrogen and oxygen atoms in total. The molecule has 0 aromatic carbocycles. The largest absolute Gasteiger partial charge is 0.472 e. The van der Waals surface area contributed by atoms with Crippen LogP contribution in [0, 0.1) is 0 Å². The van der Waals surface area contributed by atoms with Gasteiger partial charge in [0.25, 0.3) is 0 Å². The van der Waals surface area contributed by atoms with Crippen LogP contribution >= 0.6 is 7.82 Å². The molecule has 0 aliphatic rings. The molecule has 3 N–H and O–H groups in total. The molecule has 2 atom stereocenters. The minimum absolute atomic E-state index is 0.0525. The zero-order valence-electron chi connectivity index (χ0n) is 14.3. The minimum atomic E-state index is -4.29. The average molecular weight is 369 g/mol. The Morgan fingerprint density at radius 1 is 1.17 bits per heavy atom. The first kappa shape index (κ1) is 23.0. The summed E-state index contributed by atoms with van der Waals surface area (Å²) in [5, 5.41) is 0. The summed E-state index contributed by atoms with van der Waals surface area (Å²) in [6, 6.07) is 0. The van der Waals surface area contributed by atoms with Gasteiger partial charge in [0.05, 0.1) is 13.2 Å². The molecule has 0 bridgehead atoms. The van der Waals surface area contributed by atoms with E-state index in [2.05, 4.69) is 11.4 Å². The molecule has 1 unspecified atom stereocenters. The fourth-order valence-electron chi connectivity index (χ4n) is 1.69. The molecule has 0 fully saturated rings. The van der Waals surface area contributed by atoms with Crippen LogP contribution in [0.15, 0.2) is 0 Å². The van der Waals surface area contributed by atoms with Gasteiger partial charge in [-0.05, 0) is 6.42 Å². The Balaban J connectivity index is 4.24. The maximum Gasteiger partial charge on any atom is 0.472 e. The monoisotopic (exact) mass is 369 g/mol. The van der Waals surface area contributed by atoms with Gasteiger partial charge in [0.1, 0.15) is 6.61 Å². The van der Waals surface area contributed by atoms with Crippen LogP contribution in [0.5, 0.6) is 0 Å². The minimum Gasteiger partial charge on any atom is -0.462 e. The van der Waals surface area contributed by atoms with E-state index in [0.29, 0.717) is 0 Å². The molecule has 0 aromatic rings. The van der Waals surface area contributed by atoms with Crippen LogP contribution in [0.4, 0.5) is 0 Å². The van der Waals surface area contributed by atoms with Crippen LogP contribution in [-0.2, 0) is 32.7 Å². The van der Waals surface area contributed by atoms with Gasteiger partial charge in [-0.2, -0.15) is 0 Å². The number of rotatable bonds is 14. The number of phosphoric acid groups is 1. The molecule has 10 heteroatoms. The lowest BCUT2D eigenvalue weighted by Crippen LogP contribution is -2.28. The summed E-state index contributed by atoms with van der Waals surface area (Å²) < 4.78 is 30.7. The fraction of sp³-hybridized carbons (Fsp3) is 0.857. The van der Waals surface area contributed by atoms with E-state index in [-0.39, 0.29) is 26.2 Å². The van der Waals surface area contributed by atoms with Crippen LogP contribution in [0.3, 0.4) is 0 Å². The van der Waals surface area contributed by atoms with Crippen molar-refractivity contribution >= 4 is 19.8 Å². The number of carbonyl (C=O) groups is 2. The van der Waals surface area contributed by atoms with Gasteiger partial charge < -0.3 is 20.1 Å². The topological polar surface area (TPSA) is 134 Å². The van der Waals surface area contributed by atoms with E-state index in [9.17, 15) is 19.0 Å². The Bertz CT molecular complexity index is 418. The maximum atomic E-state index is 11.6. The number of nitrogens with two attached hydrogens (primary N) is 1. The molecule has 0 spiro atoms. The quantitative estimate of drug-likeness (QED) is 0.265. The van der Waals surface area contributed by atoms with Crippen LogP contribution in [-0.4, -0.2) is 49.3 Å². The van der Waals surface area contributed by atoms with Crippen molar-refractivity contribution in [1.82, 2.24) is 0 Å². The molecule has 0 aliphatic heterocycles. The zero-order valence-corrected chi connectivity index (χ0v) is 15.2. The number of hydrogen-bond donors (Lipinski definition) is 2. The van der Waals surface area contributed by atoms with Gasteiger partial charge in [-0.1, -0.05) is 26.2 Å². The summed E-state index contributed by atoms with van der Waals surface area (Å²) >= 11 is 0. The van der Waals surface area contributed by atoms with Crippen molar-refractivity contribution in [2.24, 2.45) is 5.73 Å². The summed E-state index contributed by atoms with van der Waals surface area (Å²) in [5.41, 5.74) is 5.16. The lowest BCUT2D eigenvalue weighted by atomic mass is 10.2. The van der Waals surface area contributed by atoms with Gasteiger partial charge in [0, 0.05) is 19.9 Å². The third-order valence-corrected chi connectivity index (χ3v) is 3.78. The van der Waals surface area contributed by atoms with E-state index in [1.54, 1.807) is 0 Å². The number of carbonyl (C=O) groups excluding carboxylic acids is 2. The highest BCUT2D eigenvalue weighted by Gasteiger charge is 2.25. The number of esters is 2. The predicted molar refractivity (Wildman–Crippen MR) is 86.1 cm³/mol. The van der Waals surface area contributed by atoms with Gasteiger partial charge in [-0.15, -0.1) is 0 Å². The number of unbranched alkanes of at least 4 members (excludes halogenated alkanes) is 3. The van der Waals surface area contributed by atoms with Crippen molar-refractivity contribution in [2.45, 2.75) is 52.1 Å². The summed E-state index contributed by atoms with van der Waals surface area (Å²) in [4.78, 5) is 32.0. The van der Waals surface area contributed by atoms with Gasteiger partial charge in [-0.25, -0.2) is 4.57 Å². The smallest absolute Gasteiger partial charge is 0.462 e. The Kier molecular flexibility index (Phi) is 12.8. The average Bonchev–Trinajstić information content (AvgIpc) is 2.52. The zero-order chi connectivity index (χ0) is 18.4. The van der Waals surface area contributed by atoms with Gasteiger partial charge in [0.15, 0.2) is 6.10 Å². The van der Waals surface area contributed by atoms with Crippen LogP contribution in [0.2, 0.25) is 0 Å². The van der Waals surface area contributed by atoms with Crippen molar-refractivity contribution in [1.29, 1.82) is 0 Å². The second kappa shape index (κ2) is 13.3. The van der Waals surface area contributed by atoms with Crippen molar-refractivity contribution in [3.63, 3.8) is 0 Å². The molecule has 142 valence electrons. The van der Waals surface area contributed by atoms with E-state index in [1.807, 2.05) is 0 Å².